The Balaban J connectivity index is 1.58. The Hall–Kier alpha value is -0.860. The van der Waals surface area contributed by atoms with E-state index in [1.54, 1.807) is 0 Å². The first kappa shape index (κ1) is 12.2. The molecule has 1 N–H and O–H groups in total. The standard InChI is InChI=1S/C16H24N2/c1-13-7-8-16(11-17-13)18-10-9-15(12-18)14-5-3-2-4-6-14/h2-6,13,15-17H,7-12H2,1H3. The van der Waals surface area contributed by atoms with Gasteiger partial charge in [0.05, 0.1) is 0 Å². The Morgan fingerprint density at radius 2 is 1.94 bits per heavy atom. The molecule has 0 amide bonds. The van der Waals surface area contributed by atoms with E-state index >= 15 is 0 Å². The monoisotopic (exact) mass is 244 g/mol. The van der Waals surface area contributed by atoms with Crippen LogP contribution in [0.3, 0.4) is 0 Å². The predicted octanol–water partition coefficient (Wildman–Crippen LogP) is 2.62. The van der Waals surface area contributed by atoms with Crippen LogP contribution >= 0.6 is 0 Å². The average molecular weight is 244 g/mol. The summed E-state index contributed by atoms with van der Waals surface area (Å²) in [5, 5.41) is 3.62. The number of benzene rings is 1. The van der Waals surface area contributed by atoms with E-state index in [1.165, 1.54) is 44.5 Å². The summed E-state index contributed by atoms with van der Waals surface area (Å²) in [6, 6.07) is 12.5. The van der Waals surface area contributed by atoms with E-state index in [4.69, 9.17) is 0 Å². The second kappa shape index (κ2) is 5.41. The maximum absolute atomic E-state index is 3.62. The molecule has 0 spiro atoms. The second-order valence-electron chi connectivity index (χ2n) is 5.93. The topological polar surface area (TPSA) is 15.3 Å². The molecule has 2 heteroatoms. The third kappa shape index (κ3) is 2.60. The molecule has 2 heterocycles. The van der Waals surface area contributed by atoms with Crippen molar-refractivity contribution in [3.8, 4) is 0 Å². The van der Waals surface area contributed by atoms with Crippen LogP contribution in [-0.2, 0) is 0 Å². The van der Waals surface area contributed by atoms with E-state index in [1.807, 2.05) is 0 Å². The van der Waals surface area contributed by atoms with Gasteiger partial charge >= 0.3 is 0 Å². The molecule has 3 unspecified atom stereocenters. The molecule has 2 aliphatic heterocycles. The molecule has 0 bridgehead atoms. The molecule has 1 aromatic rings. The van der Waals surface area contributed by atoms with Crippen molar-refractivity contribution in [2.45, 2.75) is 44.2 Å². The lowest BCUT2D eigenvalue weighted by Crippen LogP contribution is -2.48. The molecule has 98 valence electrons. The van der Waals surface area contributed by atoms with Crippen LogP contribution in [0, 0.1) is 0 Å². The fraction of sp³-hybridized carbons (Fsp3) is 0.625. The van der Waals surface area contributed by atoms with Crippen LogP contribution in [0.1, 0.15) is 37.7 Å². The van der Waals surface area contributed by atoms with Crippen molar-refractivity contribution in [2.75, 3.05) is 19.6 Å². The number of hydrogen-bond acceptors (Lipinski definition) is 2. The quantitative estimate of drug-likeness (QED) is 0.860. The van der Waals surface area contributed by atoms with Crippen molar-refractivity contribution >= 4 is 0 Å². The van der Waals surface area contributed by atoms with E-state index < -0.39 is 0 Å². The minimum absolute atomic E-state index is 0.716. The lowest BCUT2D eigenvalue weighted by atomic mass is 9.98. The smallest absolute Gasteiger partial charge is 0.0221 e. The largest absolute Gasteiger partial charge is 0.313 e. The highest BCUT2D eigenvalue weighted by molar-refractivity contribution is 5.21. The summed E-state index contributed by atoms with van der Waals surface area (Å²) in [6.45, 7) is 6.01. The molecule has 18 heavy (non-hydrogen) atoms. The van der Waals surface area contributed by atoms with E-state index in [0.717, 1.165) is 12.0 Å². The number of rotatable bonds is 2. The molecule has 2 nitrogen and oxygen atoms in total. The first-order valence-corrected chi connectivity index (χ1v) is 7.35. The van der Waals surface area contributed by atoms with Gasteiger partial charge in [-0.25, -0.2) is 0 Å². The van der Waals surface area contributed by atoms with E-state index in [2.05, 4.69) is 47.5 Å². The highest BCUT2D eigenvalue weighted by Crippen LogP contribution is 2.29. The molecular formula is C16H24N2. The van der Waals surface area contributed by atoms with Gasteiger partial charge in [-0.3, -0.25) is 4.90 Å². The summed E-state index contributed by atoms with van der Waals surface area (Å²) in [4.78, 5) is 2.70. The Kier molecular flexibility index (Phi) is 3.67. The number of hydrogen-bond donors (Lipinski definition) is 1. The lowest BCUT2D eigenvalue weighted by molar-refractivity contribution is 0.185. The summed E-state index contributed by atoms with van der Waals surface area (Å²) >= 11 is 0. The Labute approximate surface area is 110 Å². The summed E-state index contributed by atoms with van der Waals surface area (Å²) in [5.41, 5.74) is 1.53. The first-order chi connectivity index (χ1) is 8.83. The van der Waals surface area contributed by atoms with Crippen LogP contribution in [0.15, 0.2) is 30.3 Å². The van der Waals surface area contributed by atoms with Crippen LogP contribution in [0.2, 0.25) is 0 Å². The summed E-state index contributed by atoms with van der Waals surface area (Å²) in [5.74, 6) is 0.755. The Morgan fingerprint density at radius 3 is 2.67 bits per heavy atom. The highest BCUT2D eigenvalue weighted by Gasteiger charge is 2.30. The van der Waals surface area contributed by atoms with Gasteiger partial charge in [0, 0.05) is 25.2 Å². The Bertz CT molecular complexity index is 368. The van der Waals surface area contributed by atoms with Crippen molar-refractivity contribution in [1.29, 1.82) is 0 Å². The minimum Gasteiger partial charge on any atom is -0.313 e. The van der Waals surface area contributed by atoms with Crippen LogP contribution in [0.5, 0.6) is 0 Å². The zero-order chi connectivity index (χ0) is 12.4. The van der Waals surface area contributed by atoms with Crippen molar-refractivity contribution < 1.29 is 0 Å². The lowest BCUT2D eigenvalue weighted by Gasteiger charge is -2.34. The van der Waals surface area contributed by atoms with Crippen molar-refractivity contribution in [1.82, 2.24) is 10.2 Å². The Morgan fingerprint density at radius 1 is 1.11 bits per heavy atom. The molecule has 0 aromatic heterocycles. The molecule has 0 saturated carbocycles. The maximum atomic E-state index is 3.62. The number of piperidine rings is 1. The van der Waals surface area contributed by atoms with Crippen LogP contribution in [0.4, 0.5) is 0 Å². The third-order valence-electron chi connectivity index (χ3n) is 4.64. The van der Waals surface area contributed by atoms with Gasteiger partial charge in [0.2, 0.25) is 0 Å². The van der Waals surface area contributed by atoms with Gasteiger partial charge in [-0.05, 0) is 44.2 Å². The number of nitrogens with zero attached hydrogens (tertiary/aromatic N) is 1. The molecule has 3 rings (SSSR count). The van der Waals surface area contributed by atoms with E-state index in [-0.39, 0.29) is 0 Å². The normalized spacial score (nSPS) is 33.7. The van der Waals surface area contributed by atoms with Gasteiger partial charge in [0.15, 0.2) is 0 Å². The SMILES string of the molecule is CC1CCC(N2CCC(c3ccccc3)C2)CN1. The summed E-state index contributed by atoms with van der Waals surface area (Å²) in [6.07, 6.45) is 4.03. The molecule has 2 aliphatic rings. The van der Waals surface area contributed by atoms with Gasteiger partial charge in [0.1, 0.15) is 0 Å². The van der Waals surface area contributed by atoms with Crippen molar-refractivity contribution in [2.24, 2.45) is 0 Å². The van der Waals surface area contributed by atoms with Gasteiger partial charge in [-0.1, -0.05) is 30.3 Å². The third-order valence-corrected chi connectivity index (χ3v) is 4.64. The second-order valence-corrected chi connectivity index (χ2v) is 5.93. The van der Waals surface area contributed by atoms with Gasteiger partial charge in [0.25, 0.3) is 0 Å². The summed E-state index contributed by atoms with van der Waals surface area (Å²) < 4.78 is 0. The number of likely N-dealkylation sites (tertiary alicyclic amines) is 1. The molecule has 2 saturated heterocycles. The van der Waals surface area contributed by atoms with E-state index in [9.17, 15) is 0 Å². The zero-order valence-corrected chi connectivity index (χ0v) is 11.3. The van der Waals surface area contributed by atoms with Crippen LogP contribution in [-0.4, -0.2) is 36.6 Å². The highest BCUT2D eigenvalue weighted by atomic mass is 15.2. The maximum Gasteiger partial charge on any atom is 0.0221 e. The molecule has 0 aliphatic carbocycles. The first-order valence-electron chi connectivity index (χ1n) is 7.35. The minimum atomic E-state index is 0.716. The molecular weight excluding hydrogens is 220 g/mol. The van der Waals surface area contributed by atoms with Crippen molar-refractivity contribution in [3.05, 3.63) is 35.9 Å². The zero-order valence-electron chi connectivity index (χ0n) is 11.3. The van der Waals surface area contributed by atoms with Crippen molar-refractivity contribution in [3.63, 3.8) is 0 Å². The molecule has 0 radical (unpaired) electrons. The van der Waals surface area contributed by atoms with Gasteiger partial charge < -0.3 is 5.32 Å². The van der Waals surface area contributed by atoms with Crippen LogP contribution < -0.4 is 5.32 Å². The fourth-order valence-electron chi connectivity index (χ4n) is 3.41. The van der Waals surface area contributed by atoms with Gasteiger partial charge in [-0.15, -0.1) is 0 Å². The predicted molar refractivity (Wildman–Crippen MR) is 75.9 cm³/mol. The summed E-state index contributed by atoms with van der Waals surface area (Å²) in [7, 11) is 0. The van der Waals surface area contributed by atoms with Crippen LogP contribution in [0.25, 0.3) is 0 Å². The van der Waals surface area contributed by atoms with Gasteiger partial charge in [-0.2, -0.15) is 0 Å². The number of nitrogens with one attached hydrogen (secondary N) is 1. The molecule has 2 fully saturated rings. The average Bonchev–Trinajstić information content (AvgIpc) is 2.90. The molecule has 3 atom stereocenters. The fourth-order valence-corrected chi connectivity index (χ4v) is 3.41. The van der Waals surface area contributed by atoms with E-state index in [0.29, 0.717) is 6.04 Å². The molecule has 1 aromatic carbocycles.